The van der Waals surface area contributed by atoms with Crippen molar-refractivity contribution in [3.05, 3.63) is 0 Å². The highest BCUT2D eigenvalue weighted by atomic mass is 16.5. The second-order valence-electron chi connectivity index (χ2n) is 3.58. The van der Waals surface area contributed by atoms with E-state index in [1.54, 1.807) is 7.11 Å². The molecule has 0 spiro atoms. The molecule has 0 aromatic carbocycles. The normalized spacial score (nSPS) is 47.0. The molecular weight excluding hydrogens is 144 g/mol. The number of fused-ring (bicyclic) bond motifs is 1. The molecule has 2 saturated carbocycles. The van der Waals surface area contributed by atoms with Crippen LogP contribution < -0.4 is 0 Å². The molecule has 0 heterocycles. The van der Waals surface area contributed by atoms with Gasteiger partial charge in [-0.25, -0.2) is 0 Å². The third-order valence-electron chi connectivity index (χ3n) is 3.19. The van der Waals surface area contributed by atoms with Crippen molar-refractivity contribution in [2.75, 3.05) is 7.11 Å². The molecule has 2 rings (SSSR count). The van der Waals surface area contributed by atoms with Gasteiger partial charge in [-0.15, -0.1) is 0 Å². The van der Waals surface area contributed by atoms with Gasteiger partial charge in [0, 0.05) is 13.0 Å². The number of hydrogen-bond donors (Lipinski definition) is 1. The minimum atomic E-state index is -0.623. The Morgan fingerprint density at radius 1 is 1.73 bits per heavy atom. The van der Waals surface area contributed by atoms with Crippen LogP contribution in [0.3, 0.4) is 0 Å². The predicted molar refractivity (Wildman–Crippen MR) is 38.2 cm³/mol. The van der Waals surface area contributed by atoms with E-state index >= 15 is 0 Å². The summed E-state index contributed by atoms with van der Waals surface area (Å²) in [7, 11) is 1.67. The van der Waals surface area contributed by atoms with Crippen LogP contribution in [0.25, 0.3) is 0 Å². The van der Waals surface area contributed by atoms with Gasteiger partial charge in [-0.1, -0.05) is 0 Å². The van der Waals surface area contributed by atoms with Crippen molar-refractivity contribution in [1.82, 2.24) is 0 Å². The first kappa shape index (κ1) is 7.10. The van der Waals surface area contributed by atoms with Crippen LogP contribution in [0.4, 0.5) is 0 Å². The first-order chi connectivity index (χ1) is 5.20. The number of ether oxygens (including phenoxy) is 1. The van der Waals surface area contributed by atoms with E-state index in [0.717, 1.165) is 19.3 Å². The van der Waals surface area contributed by atoms with Gasteiger partial charge in [0.1, 0.15) is 0 Å². The number of carbonyl (C=O) groups is 1. The summed E-state index contributed by atoms with van der Waals surface area (Å²) in [5.41, 5.74) is -0.374. The van der Waals surface area contributed by atoms with Gasteiger partial charge in [0.15, 0.2) is 0 Å². The van der Waals surface area contributed by atoms with E-state index in [-0.39, 0.29) is 11.5 Å². The van der Waals surface area contributed by atoms with E-state index in [9.17, 15) is 4.79 Å². The van der Waals surface area contributed by atoms with Gasteiger partial charge in [0.25, 0.3) is 0 Å². The summed E-state index contributed by atoms with van der Waals surface area (Å²) in [4.78, 5) is 10.8. The average Bonchev–Trinajstić information content (AvgIpc) is 2.61. The Hall–Kier alpha value is -0.570. The fraction of sp³-hybridized carbons (Fsp3) is 0.875. The number of aliphatic carboxylic acids is 1. The molecule has 2 aliphatic carbocycles. The Bertz CT molecular complexity index is 202. The molecule has 3 nitrogen and oxygen atoms in total. The molecule has 1 N–H and O–H groups in total. The zero-order chi connectivity index (χ0) is 8.06. The maximum Gasteiger partial charge on any atom is 0.310 e. The summed E-state index contributed by atoms with van der Waals surface area (Å²) in [6.07, 6.45) is 2.78. The molecule has 0 aromatic rings. The van der Waals surface area contributed by atoms with Crippen molar-refractivity contribution < 1.29 is 14.6 Å². The minimum Gasteiger partial charge on any atom is -0.481 e. The molecule has 0 amide bonds. The fourth-order valence-corrected chi connectivity index (χ4v) is 2.34. The molecule has 0 saturated heterocycles. The van der Waals surface area contributed by atoms with Crippen molar-refractivity contribution in [1.29, 1.82) is 0 Å². The lowest BCUT2D eigenvalue weighted by molar-refractivity contribution is -0.143. The van der Waals surface area contributed by atoms with Gasteiger partial charge in [-0.2, -0.15) is 0 Å². The lowest BCUT2D eigenvalue weighted by Crippen LogP contribution is -2.14. The molecule has 0 aliphatic heterocycles. The molecule has 2 aliphatic rings. The van der Waals surface area contributed by atoms with E-state index < -0.39 is 5.97 Å². The Labute approximate surface area is 65.4 Å². The van der Waals surface area contributed by atoms with Crippen molar-refractivity contribution in [3.63, 3.8) is 0 Å². The van der Waals surface area contributed by atoms with E-state index in [1.165, 1.54) is 0 Å². The summed E-state index contributed by atoms with van der Waals surface area (Å²) in [5.74, 6) is -0.313. The maximum absolute atomic E-state index is 10.8. The van der Waals surface area contributed by atoms with Crippen molar-refractivity contribution >= 4 is 5.97 Å². The Morgan fingerprint density at radius 3 is 2.73 bits per heavy atom. The second kappa shape index (κ2) is 1.97. The molecule has 0 unspecified atom stereocenters. The van der Waals surface area contributed by atoms with Crippen LogP contribution >= 0.6 is 0 Å². The van der Waals surface area contributed by atoms with Crippen molar-refractivity contribution in [3.8, 4) is 0 Å². The number of hydrogen-bond acceptors (Lipinski definition) is 2. The average molecular weight is 156 g/mol. The van der Waals surface area contributed by atoms with Crippen LogP contribution in [0.5, 0.6) is 0 Å². The molecular formula is C8H12O3. The summed E-state index contributed by atoms with van der Waals surface area (Å²) < 4.78 is 5.18. The monoisotopic (exact) mass is 156 g/mol. The first-order valence-corrected chi connectivity index (χ1v) is 3.97. The number of carboxylic acid groups (broad SMARTS) is 1. The summed E-state index contributed by atoms with van der Waals surface area (Å²) in [6.45, 7) is 0. The number of carboxylic acids is 1. The maximum atomic E-state index is 10.8. The summed E-state index contributed by atoms with van der Waals surface area (Å²) in [6, 6.07) is 0. The van der Waals surface area contributed by atoms with Crippen LogP contribution in [-0.2, 0) is 9.53 Å². The quantitative estimate of drug-likeness (QED) is 0.645. The molecule has 0 bridgehead atoms. The second-order valence-corrected chi connectivity index (χ2v) is 3.58. The topological polar surface area (TPSA) is 46.5 Å². The molecule has 11 heavy (non-hydrogen) atoms. The van der Waals surface area contributed by atoms with Gasteiger partial charge in [-0.05, 0) is 19.3 Å². The van der Waals surface area contributed by atoms with Gasteiger partial charge < -0.3 is 9.84 Å². The third-order valence-corrected chi connectivity index (χ3v) is 3.19. The zero-order valence-corrected chi connectivity index (χ0v) is 6.54. The van der Waals surface area contributed by atoms with Gasteiger partial charge in [-0.3, -0.25) is 4.79 Å². The number of methoxy groups -OCH3 is 1. The zero-order valence-electron chi connectivity index (χ0n) is 6.54. The van der Waals surface area contributed by atoms with Crippen LogP contribution in [0.1, 0.15) is 19.3 Å². The largest absolute Gasteiger partial charge is 0.481 e. The standard InChI is InChI=1S/C8H12O3/c1-11-6-2-3-8(7(9)10)4-5(6)8/h5-6H,2-4H2,1H3,(H,9,10)/t5-,6-,8+/m1/s1. The third kappa shape index (κ3) is 0.745. The SMILES string of the molecule is CO[C@@H]1CC[C@]2(C(=O)O)C[C@H]12. The Kier molecular flexibility index (Phi) is 1.27. The molecule has 3 heteroatoms. The van der Waals surface area contributed by atoms with Crippen molar-refractivity contribution in [2.45, 2.75) is 25.4 Å². The minimum absolute atomic E-state index is 0.214. The van der Waals surface area contributed by atoms with Crippen molar-refractivity contribution in [2.24, 2.45) is 11.3 Å². The fourth-order valence-electron chi connectivity index (χ4n) is 2.34. The highest BCUT2D eigenvalue weighted by Gasteiger charge is 2.67. The van der Waals surface area contributed by atoms with Crippen LogP contribution in [0, 0.1) is 11.3 Å². The highest BCUT2D eigenvalue weighted by molar-refractivity contribution is 5.79. The van der Waals surface area contributed by atoms with E-state index in [1.807, 2.05) is 0 Å². The lowest BCUT2D eigenvalue weighted by atomic mass is 10.1. The molecule has 2 fully saturated rings. The molecule has 3 atom stereocenters. The van der Waals surface area contributed by atoms with E-state index in [4.69, 9.17) is 9.84 Å². The summed E-state index contributed by atoms with van der Waals surface area (Å²) in [5, 5.41) is 8.87. The van der Waals surface area contributed by atoms with E-state index in [2.05, 4.69) is 0 Å². The lowest BCUT2D eigenvalue weighted by Gasteiger charge is -2.06. The van der Waals surface area contributed by atoms with Crippen LogP contribution in [0.15, 0.2) is 0 Å². The number of rotatable bonds is 2. The van der Waals surface area contributed by atoms with Gasteiger partial charge in [0.05, 0.1) is 11.5 Å². The van der Waals surface area contributed by atoms with Gasteiger partial charge >= 0.3 is 5.97 Å². The molecule has 0 aromatic heterocycles. The van der Waals surface area contributed by atoms with Crippen LogP contribution in [-0.4, -0.2) is 24.3 Å². The molecule has 62 valence electrons. The highest BCUT2D eigenvalue weighted by Crippen LogP contribution is 2.64. The smallest absolute Gasteiger partial charge is 0.310 e. The van der Waals surface area contributed by atoms with E-state index in [0.29, 0.717) is 5.92 Å². The van der Waals surface area contributed by atoms with Crippen LogP contribution in [0.2, 0.25) is 0 Å². The molecule has 0 radical (unpaired) electrons. The summed E-state index contributed by atoms with van der Waals surface area (Å²) >= 11 is 0. The predicted octanol–water partition coefficient (Wildman–Crippen LogP) is 0.886. The first-order valence-electron chi connectivity index (χ1n) is 3.97. The Morgan fingerprint density at radius 2 is 2.45 bits per heavy atom. The van der Waals surface area contributed by atoms with Gasteiger partial charge in [0.2, 0.25) is 0 Å². The Balaban J connectivity index is 2.10.